The molecule has 2 heterocycles. The highest BCUT2D eigenvalue weighted by Gasteiger charge is 2.38. The Bertz CT molecular complexity index is 584. The zero-order valence-corrected chi connectivity index (χ0v) is 18.7. The number of hydrogen-bond acceptors (Lipinski definition) is 6. The Labute approximate surface area is 180 Å². The lowest BCUT2D eigenvalue weighted by atomic mass is 10.1. The quantitative estimate of drug-likeness (QED) is 0.226. The molecule has 0 radical (unpaired) electrons. The molecule has 0 amide bonds. The molecule has 0 aromatic heterocycles. The topological polar surface area (TPSA) is 57.2 Å². The van der Waals surface area contributed by atoms with Crippen LogP contribution in [-0.4, -0.2) is 60.8 Å². The Hall–Kier alpha value is -1.44. The zero-order chi connectivity index (χ0) is 21.1. The largest absolute Gasteiger partial charge is 0.469 e. The molecule has 2 aliphatic rings. The fraction of sp³-hybridized carbons (Fsp3) is 0.727. The van der Waals surface area contributed by atoms with Gasteiger partial charge in [-0.25, -0.2) is 0 Å². The first-order valence-electron chi connectivity index (χ1n) is 10.6. The van der Waals surface area contributed by atoms with Gasteiger partial charge in [0.1, 0.15) is 12.2 Å². The first-order chi connectivity index (χ1) is 13.9. The summed E-state index contributed by atoms with van der Waals surface area (Å²) in [6, 6.07) is 0. The van der Waals surface area contributed by atoms with E-state index in [9.17, 15) is 4.79 Å². The van der Waals surface area contributed by atoms with Crippen LogP contribution in [0.3, 0.4) is 0 Å². The number of ether oxygens (including phenoxy) is 4. The second-order valence-corrected chi connectivity index (χ2v) is 8.22. The number of hydrogen-bond donors (Lipinski definition) is 0. The molecular weight excluding hydrogens is 390 g/mol. The molecule has 0 unspecified atom stereocenters. The van der Waals surface area contributed by atoms with Crippen molar-refractivity contribution in [2.24, 2.45) is 0 Å². The third-order valence-electron chi connectivity index (χ3n) is 5.01. The van der Waals surface area contributed by atoms with Crippen LogP contribution < -0.4 is 0 Å². The highest BCUT2D eigenvalue weighted by Crippen LogP contribution is 2.27. The van der Waals surface area contributed by atoms with Gasteiger partial charge in [0.05, 0.1) is 13.7 Å². The molecule has 6 nitrogen and oxygen atoms in total. The molecule has 2 fully saturated rings. The molecule has 2 rings (SSSR count). The predicted octanol–water partition coefficient (Wildman–Crippen LogP) is 4.14. The number of carbonyl (C=O) groups excluding carboxylic acids is 1. The second-order valence-electron chi connectivity index (χ2n) is 7.87. The first kappa shape index (κ1) is 23.8. The van der Waals surface area contributed by atoms with E-state index in [2.05, 4.69) is 33.9 Å². The SMILES string of the molecule is COC(=O)CCC/C=C\C/C=C\C[C@@H](OC(=S)N1CCCC1)[C@H]1COC(C)(C)O1. The van der Waals surface area contributed by atoms with Crippen LogP contribution in [0.2, 0.25) is 0 Å². The minimum atomic E-state index is -0.585. The number of methoxy groups -OCH3 is 1. The van der Waals surface area contributed by atoms with E-state index in [0.29, 0.717) is 24.6 Å². The molecule has 2 atom stereocenters. The van der Waals surface area contributed by atoms with Crippen molar-refractivity contribution in [3.05, 3.63) is 24.3 Å². The van der Waals surface area contributed by atoms with Gasteiger partial charge in [-0.15, -0.1) is 0 Å². The average molecular weight is 426 g/mol. The highest BCUT2D eigenvalue weighted by atomic mass is 32.1. The Morgan fingerprint density at radius 1 is 1.24 bits per heavy atom. The van der Waals surface area contributed by atoms with Gasteiger partial charge in [0, 0.05) is 25.9 Å². The summed E-state index contributed by atoms with van der Waals surface area (Å²) in [5.41, 5.74) is 0. The van der Waals surface area contributed by atoms with Gasteiger partial charge < -0.3 is 23.8 Å². The minimum Gasteiger partial charge on any atom is -0.469 e. The minimum absolute atomic E-state index is 0.135. The number of rotatable bonds is 10. The maximum atomic E-state index is 11.1. The molecule has 0 aromatic rings. The Morgan fingerprint density at radius 3 is 2.62 bits per heavy atom. The smallest absolute Gasteiger partial charge is 0.305 e. The van der Waals surface area contributed by atoms with Crippen molar-refractivity contribution in [3.8, 4) is 0 Å². The van der Waals surface area contributed by atoms with Gasteiger partial charge in [-0.05, 0) is 58.2 Å². The van der Waals surface area contributed by atoms with E-state index in [1.807, 2.05) is 13.8 Å². The summed E-state index contributed by atoms with van der Waals surface area (Å²) < 4.78 is 22.5. The monoisotopic (exact) mass is 425 g/mol. The van der Waals surface area contributed by atoms with Crippen LogP contribution in [-0.2, 0) is 23.7 Å². The maximum absolute atomic E-state index is 11.1. The number of unbranched alkanes of at least 4 members (excludes halogenated alkanes) is 1. The van der Waals surface area contributed by atoms with E-state index in [4.69, 9.17) is 26.4 Å². The van der Waals surface area contributed by atoms with Crippen LogP contribution in [0.1, 0.15) is 58.8 Å². The number of carbonyl (C=O) groups is 1. The molecule has 2 saturated heterocycles. The summed E-state index contributed by atoms with van der Waals surface area (Å²) in [7, 11) is 1.42. The molecule has 0 N–H and O–H groups in total. The van der Waals surface area contributed by atoms with Crippen molar-refractivity contribution in [2.75, 3.05) is 26.8 Å². The highest BCUT2D eigenvalue weighted by molar-refractivity contribution is 7.80. The Balaban J connectivity index is 1.76. The van der Waals surface area contributed by atoms with Crippen LogP contribution in [0.25, 0.3) is 0 Å². The van der Waals surface area contributed by atoms with Crippen molar-refractivity contribution < 1.29 is 23.7 Å². The lowest BCUT2D eigenvalue weighted by Gasteiger charge is -2.27. The zero-order valence-electron chi connectivity index (χ0n) is 17.9. The van der Waals surface area contributed by atoms with Gasteiger partial charge in [0.2, 0.25) is 0 Å². The van der Waals surface area contributed by atoms with Gasteiger partial charge in [0.15, 0.2) is 5.79 Å². The van der Waals surface area contributed by atoms with E-state index < -0.39 is 5.79 Å². The lowest BCUT2D eigenvalue weighted by Crippen LogP contribution is -2.38. The molecule has 0 saturated carbocycles. The van der Waals surface area contributed by atoms with Crippen LogP contribution in [0.4, 0.5) is 0 Å². The van der Waals surface area contributed by atoms with Gasteiger partial charge in [-0.2, -0.15) is 0 Å². The van der Waals surface area contributed by atoms with E-state index in [-0.39, 0.29) is 18.2 Å². The molecule has 0 bridgehead atoms. The summed E-state index contributed by atoms with van der Waals surface area (Å²) in [4.78, 5) is 13.2. The van der Waals surface area contributed by atoms with E-state index in [1.54, 1.807) is 0 Å². The van der Waals surface area contributed by atoms with Gasteiger partial charge in [-0.3, -0.25) is 4.79 Å². The summed E-state index contributed by atoms with van der Waals surface area (Å²) in [5, 5.41) is 0.569. The average Bonchev–Trinajstić information content (AvgIpc) is 3.35. The molecule has 2 aliphatic heterocycles. The fourth-order valence-corrected chi connectivity index (χ4v) is 3.67. The Kier molecular flexibility index (Phi) is 10.1. The molecule has 7 heteroatoms. The summed E-state index contributed by atoms with van der Waals surface area (Å²) in [5.74, 6) is -0.740. The van der Waals surface area contributed by atoms with Crippen molar-refractivity contribution in [3.63, 3.8) is 0 Å². The summed E-state index contributed by atoms with van der Waals surface area (Å²) >= 11 is 5.51. The molecular formula is C22H35NO5S. The van der Waals surface area contributed by atoms with Crippen molar-refractivity contribution in [2.45, 2.75) is 76.8 Å². The normalized spacial score (nSPS) is 22.4. The molecule has 0 spiro atoms. The number of nitrogens with zero attached hydrogens (tertiary/aromatic N) is 1. The molecule has 164 valence electrons. The van der Waals surface area contributed by atoms with Crippen molar-refractivity contribution in [1.82, 2.24) is 4.90 Å². The summed E-state index contributed by atoms with van der Waals surface area (Å²) in [6.07, 6.45) is 14.2. The van der Waals surface area contributed by atoms with Crippen LogP contribution in [0.5, 0.6) is 0 Å². The Morgan fingerprint density at radius 2 is 1.97 bits per heavy atom. The van der Waals surface area contributed by atoms with E-state index >= 15 is 0 Å². The van der Waals surface area contributed by atoms with Crippen LogP contribution >= 0.6 is 12.2 Å². The first-order valence-corrected chi connectivity index (χ1v) is 11.0. The third-order valence-corrected chi connectivity index (χ3v) is 5.37. The van der Waals surface area contributed by atoms with E-state index in [0.717, 1.165) is 45.2 Å². The predicted molar refractivity (Wildman–Crippen MR) is 117 cm³/mol. The maximum Gasteiger partial charge on any atom is 0.305 e. The van der Waals surface area contributed by atoms with Crippen LogP contribution in [0.15, 0.2) is 24.3 Å². The molecule has 29 heavy (non-hydrogen) atoms. The van der Waals surface area contributed by atoms with Crippen molar-refractivity contribution >= 4 is 23.4 Å². The third kappa shape index (κ3) is 8.84. The van der Waals surface area contributed by atoms with Gasteiger partial charge in [0.25, 0.3) is 5.17 Å². The van der Waals surface area contributed by atoms with Gasteiger partial charge in [-0.1, -0.05) is 24.3 Å². The van der Waals surface area contributed by atoms with Crippen molar-refractivity contribution in [1.29, 1.82) is 0 Å². The molecule has 0 aliphatic carbocycles. The second kappa shape index (κ2) is 12.3. The van der Waals surface area contributed by atoms with E-state index in [1.165, 1.54) is 7.11 Å². The van der Waals surface area contributed by atoms with Crippen LogP contribution in [0, 0.1) is 0 Å². The standard InChI is InChI=1S/C22H35NO5S/c1-22(2)26-17-19(28-22)18(27-21(29)23-15-11-12-16-23)13-9-7-5-4-6-8-10-14-20(24)25-3/h4,6-7,9,18-19H,5,8,10-17H2,1-3H3/b6-4-,9-7-/t18-,19-/m1/s1. The number of allylic oxidation sites excluding steroid dienone is 3. The number of thiocarbonyl (C=S) groups is 1. The fourth-order valence-electron chi connectivity index (χ4n) is 3.36. The molecule has 0 aromatic carbocycles. The number of likely N-dealkylation sites (tertiary alicyclic amines) is 1. The number of esters is 1. The summed E-state index contributed by atoms with van der Waals surface area (Å²) in [6.45, 7) is 6.28. The lowest BCUT2D eigenvalue weighted by molar-refractivity contribution is -0.149. The van der Waals surface area contributed by atoms with Gasteiger partial charge >= 0.3 is 5.97 Å².